The van der Waals surface area contributed by atoms with Crippen molar-refractivity contribution in [3.05, 3.63) is 24.3 Å². The third-order valence-electron chi connectivity index (χ3n) is 4.64. The van der Waals surface area contributed by atoms with E-state index in [0.717, 1.165) is 25.1 Å². The molecule has 5 nitrogen and oxygen atoms in total. The molecule has 0 aromatic heterocycles. The van der Waals surface area contributed by atoms with E-state index in [4.69, 9.17) is 10.5 Å². The number of rotatable bonds is 4. The summed E-state index contributed by atoms with van der Waals surface area (Å²) in [6.07, 6.45) is 2.08. The first-order valence-corrected chi connectivity index (χ1v) is 7.57. The lowest BCUT2D eigenvalue weighted by Crippen LogP contribution is -2.31. The summed E-state index contributed by atoms with van der Waals surface area (Å²) in [6, 6.07) is 7.16. The number of nitrogens with zero attached hydrogens (tertiary/aromatic N) is 1. The molecule has 0 bridgehead atoms. The number of hydrogen-bond acceptors (Lipinski definition) is 4. The highest BCUT2D eigenvalue weighted by atomic mass is 16.5. The van der Waals surface area contributed by atoms with Gasteiger partial charge in [0.25, 0.3) is 0 Å². The van der Waals surface area contributed by atoms with E-state index >= 15 is 0 Å². The number of anilines is 1. The summed E-state index contributed by atoms with van der Waals surface area (Å²) in [5.41, 5.74) is 6.30. The zero-order valence-electron chi connectivity index (χ0n) is 12.1. The van der Waals surface area contributed by atoms with Crippen molar-refractivity contribution >= 4 is 11.6 Å². The normalized spacial score (nSPS) is 27.7. The molecule has 3 atom stereocenters. The number of nitrogen functional groups attached to an aromatic ring is 1. The van der Waals surface area contributed by atoms with Crippen LogP contribution in [0.3, 0.4) is 0 Å². The van der Waals surface area contributed by atoms with Gasteiger partial charge >= 0.3 is 0 Å². The monoisotopic (exact) mass is 290 g/mol. The van der Waals surface area contributed by atoms with Crippen LogP contribution in [0.4, 0.5) is 5.69 Å². The maximum Gasteiger partial charge on any atom is 0.226 e. The highest BCUT2D eigenvalue weighted by Crippen LogP contribution is 2.38. The van der Waals surface area contributed by atoms with Crippen LogP contribution in [-0.2, 0) is 4.79 Å². The first kappa shape index (κ1) is 14.2. The molecule has 1 aromatic carbocycles. The standard InChI is InChI=1S/C16H22N2O3/c17-12-2-4-13(5-3-12)21-8-7-16(20)18-9-11-1-6-15(19)14(11)10-18/h2-5,11,14-15,19H,1,6-10,17H2. The molecule has 0 spiro atoms. The Labute approximate surface area is 124 Å². The van der Waals surface area contributed by atoms with Gasteiger partial charge in [-0.3, -0.25) is 4.79 Å². The smallest absolute Gasteiger partial charge is 0.226 e. The molecule has 1 aliphatic heterocycles. The van der Waals surface area contributed by atoms with Crippen LogP contribution in [0.5, 0.6) is 5.75 Å². The predicted octanol–water partition coefficient (Wildman–Crippen LogP) is 1.27. The average molecular weight is 290 g/mol. The van der Waals surface area contributed by atoms with E-state index in [2.05, 4.69) is 0 Å². The van der Waals surface area contributed by atoms with Gasteiger partial charge in [0.15, 0.2) is 0 Å². The molecule has 2 fully saturated rings. The third kappa shape index (κ3) is 3.13. The molecule has 3 rings (SSSR count). The fourth-order valence-corrected chi connectivity index (χ4v) is 3.42. The van der Waals surface area contributed by atoms with Crippen molar-refractivity contribution in [2.24, 2.45) is 11.8 Å². The molecule has 1 saturated heterocycles. The number of carbonyl (C=O) groups is 1. The lowest BCUT2D eigenvalue weighted by molar-refractivity contribution is -0.131. The number of aliphatic hydroxyl groups is 1. The van der Waals surface area contributed by atoms with Gasteiger partial charge in [0.1, 0.15) is 5.75 Å². The van der Waals surface area contributed by atoms with Crippen molar-refractivity contribution < 1.29 is 14.6 Å². The molecule has 5 heteroatoms. The molecule has 21 heavy (non-hydrogen) atoms. The molecule has 3 unspecified atom stereocenters. The number of ether oxygens (including phenoxy) is 1. The topological polar surface area (TPSA) is 75.8 Å². The summed E-state index contributed by atoms with van der Waals surface area (Å²) in [4.78, 5) is 14.1. The Kier molecular flexibility index (Phi) is 4.01. The third-order valence-corrected chi connectivity index (χ3v) is 4.64. The zero-order valence-corrected chi connectivity index (χ0v) is 12.1. The quantitative estimate of drug-likeness (QED) is 0.819. The molecular weight excluding hydrogens is 268 g/mol. The van der Waals surface area contributed by atoms with Gasteiger partial charge in [-0.1, -0.05) is 0 Å². The number of hydrogen-bond donors (Lipinski definition) is 2. The van der Waals surface area contributed by atoms with Crippen LogP contribution in [0.1, 0.15) is 19.3 Å². The predicted molar refractivity (Wildman–Crippen MR) is 79.8 cm³/mol. The highest BCUT2D eigenvalue weighted by molar-refractivity contribution is 5.76. The Balaban J connectivity index is 1.44. The van der Waals surface area contributed by atoms with Crippen molar-refractivity contribution in [2.75, 3.05) is 25.4 Å². The van der Waals surface area contributed by atoms with Crippen molar-refractivity contribution in [1.82, 2.24) is 4.90 Å². The Morgan fingerprint density at radius 1 is 1.29 bits per heavy atom. The molecule has 1 aromatic rings. The van der Waals surface area contributed by atoms with Gasteiger partial charge in [-0.05, 0) is 43.0 Å². The minimum absolute atomic E-state index is 0.118. The Hall–Kier alpha value is -1.75. The van der Waals surface area contributed by atoms with Gasteiger partial charge in [0.05, 0.1) is 19.1 Å². The van der Waals surface area contributed by atoms with Crippen LogP contribution in [0.2, 0.25) is 0 Å². The number of amides is 1. The summed E-state index contributed by atoms with van der Waals surface area (Å²) in [7, 11) is 0. The number of aliphatic hydroxyl groups excluding tert-OH is 1. The Morgan fingerprint density at radius 3 is 2.76 bits per heavy atom. The lowest BCUT2D eigenvalue weighted by atomic mass is 10.00. The molecule has 1 amide bonds. The summed E-state index contributed by atoms with van der Waals surface area (Å²) in [6.45, 7) is 1.87. The van der Waals surface area contributed by atoms with Crippen LogP contribution in [0.15, 0.2) is 24.3 Å². The summed E-state index contributed by atoms with van der Waals surface area (Å²) in [5.74, 6) is 1.62. The number of benzene rings is 1. The van der Waals surface area contributed by atoms with E-state index in [9.17, 15) is 9.90 Å². The van der Waals surface area contributed by atoms with Gasteiger partial charge < -0.3 is 20.5 Å². The second-order valence-corrected chi connectivity index (χ2v) is 6.03. The maximum atomic E-state index is 12.2. The molecule has 1 aliphatic carbocycles. The molecule has 3 N–H and O–H groups in total. The van der Waals surface area contributed by atoms with E-state index in [0.29, 0.717) is 31.2 Å². The van der Waals surface area contributed by atoms with Crippen LogP contribution >= 0.6 is 0 Å². The first-order valence-electron chi connectivity index (χ1n) is 7.57. The second kappa shape index (κ2) is 5.93. The van der Waals surface area contributed by atoms with Gasteiger partial charge in [-0.2, -0.15) is 0 Å². The Bertz CT molecular complexity index is 503. The largest absolute Gasteiger partial charge is 0.493 e. The number of likely N-dealkylation sites (tertiary alicyclic amines) is 1. The molecule has 1 heterocycles. The van der Waals surface area contributed by atoms with Crippen molar-refractivity contribution in [2.45, 2.75) is 25.4 Å². The van der Waals surface area contributed by atoms with E-state index in [-0.39, 0.29) is 17.9 Å². The van der Waals surface area contributed by atoms with E-state index in [1.54, 1.807) is 24.3 Å². The molecular formula is C16H22N2O3. The van der Waals surface area contributed by atoms with E-state index in [1.807, 2.05) is 4.90 Å². The van der Waals surface area contributed by atoms with Crippen molar-refractivity contribution in [3.8, 4) is 5.75 Å². The maximum absolute atomic E-state index is 12.2. The first-order chi connectivity index (χ1) is 10.1. The lowest BCUT2D eigenvalue weighted by Gasteiger charge is -2.18. The number of nitrogens with two attached hydrogens (primary N) is 1. The van der Waals surface area contributed by atoms with Crippen molar-refractivity contribution in [3.63, 3.8) is 0 Å². The fraction of sp³-hybridized carbons (Fsp3) is 0.562. The fourth-order valence-electron chi connectivity index (χ4n) is 3.42. The summed E-state index contributed by atoms with van der Waals surface area (Å²) >= 11 is 0. The minimum atomic E-state index is -0.223. The van der Waals surface area contributed by atoms with E-state index < -0.39 is 0 Å². The molecule has 0 radical (unpaired) electrons. The van der Waals surface area contributed by atoms with Crippen LogP contribution in [-0.4, -0.2) is 41.7 Å². The van der Waals surface area contributed by atoms with Gasteiger partial charge in [0.2, 0.25) is 5.91 Å². The average Bonchev–Trinajstić information content (AvgIpc) is 3.04. The summed E-state index contributed by atoms with van der Waals surface area (Å²) < 4.78 is 5.55. The second-order valence-electron chi connectivity index (χ2n) is 6.03. The Morgan fingerprint density at radius 2 is 2.05 bits per heavy atom. The van der Waals surface area contributed by atoms with Gasteiger partial charge in [-0.25, -0.2) is 0 Å². The highest BCUT2D eigenvalue weighted by Gasteiger charge is 2.42. The van der Waals surface area contributed by atoms with Gasteiger partial charge in [0, 0.05) is 24.7 Å². The molecule has 114 valence electrons. The van der Waals surface area contributed by atoms with Crippen LogP contribution in [0, 0.1) is 11.8 Å². The van der Waals surface area contributed by atoms with Crippen molar-refractivity contribution in [1.29, 1.82) is 0 Å². The number of carbonyl (C=O) groups excluding carboxylic acids is 1. The SMILES string of the molecule is Nc1ccc(OCCC(=O)N2CC3CCC(O)C3C2)cc1. The van der Waals surface area contributed by atoms with E-state index in [1.165, 1.54) is 0 Å². The zero-order chi connectivity index (χ0) is 14.8. The number of fused-ring (bicyclic) bond motifs is 1. The van der Waals surface area contributed by atoms with Crippen LogP contribution in [0.25, 0.3) is 0 Å². The summed E-state index contributed by atoms with van der Waals surface area (Å²) in [5, 5.41) is 9.87. The van der Waals surface area contributed by atoms with Gasteiger partial charge in [-0.15, -0.1) is 0 Å². The molecule has 1 saturated carbocycles. The minimum Gasteiger partial charge on any atom is -0.493 e. The molecule has 2 aliphatic rings. The van der Waals surface area contributed by atoms with Crippen LogP contribution < -0.4 is 10.5 Å².